The Kier molecular flexibility index (Phi) is 2.28. The zero-order valence-corrected chi connectivity index (χ0v) is 9.65. The summed E-state index contributed by atoms with van der Waals surface area (Å²) in [4.78, 5) is 2.46. The molecule has 1 saturated heterocycles. The van der Waals surface area contributed by atoms with E-state index in [2.05, 4.69) is 23.1 Å². The van der Waals surface area contributed by atoms with Crippen molar-refractivity contribution in [1.82, 2.24) is 0 Å². The second-order valence-electron chi connectivity index (χ2n) is 4.80. The Hall–Kier alpha value is -1.22. The minimum absolute atomic E-state index is 0.335. The first-order valence-electron chi connectivity index (χ1n) is 5.97. The smallest absolute Gasteiger partial charge is 0.124 e. The molecule has 2 heterocycles. The number of nitrogens with two attached hydrogens (primary N) is 1. The second kappa shape index (κ2) is 3.67. The first-order chi connectivity index (χ1) is 7.79. The standard InChI is InChI=1S/C13H18N2O/c1-16-13-4-2-3-12-11(13)6-5-10-7-9(14)8-15(10)12/h2-4,9-10H,5-8,14H2,1H3. The van der Waals surface area contributed by atoms with Crippen molar-refractivity contribution >= 4 is 5.69 Å². The molecule has 1 fully saturated rings. The normalized spacial score (nSPS) is 27.5. The molecule has 0 spiro atoms. The van der Waals surface area contributed by atoms with Crippen molar-refractivity contribution in [3.63, 3.8) is 0 Å². The first kappa shape index (κ1) is 9.97. The van der Waals surface area contributed by atoms with Crippen molar-refractivity contribution in [3.05, 3.63) is 23.8 Å². The number of hydrogen-bond donors (Lipinski definition) is 1. The Morgan fingerprint density at radius 3 is 3.12 bits per heavy atom. The van der Waals surface area contributed by atoms with E-state index in [0.29, 0.717) is 12.1 Å². The molecule has 1 aromatic rings. The third-order valence-electron chi connectivity index (χ3n) is 3.81. The Morgan fingerprint density at radius 2 is 2.31 bits per heavy atom. The summed E-state index contributed by atoms with van der Waals surface area (Å²) < 4.78 is 5.43. The van der Waals surface area contributed by atoms with Crippen LogP contribution in [-0.4, -0.2) is 25.7 Å². The van der Waals surface area contributed by atoms with Crippen molar-refractivity contribution in [1.29, 1.82) is 0 Å². The van der Waals surface area contributed by atoms with Gasteiger partial charge in [0.25, 0.3) is 0 Å². The van der Waals surface area contributed by atoms with Gasteiger partial charge in [-0.15, -0.1) is 0 Å². The Labute approximate surface area is 96.2 Å². The lowest BCUT2D eigenvalue weighted by molar-refractivity contribution is 0.406. The van der Waals surface area contributed by atoms with E-state index < -0.39 is 0 Å². The number of fused-ring (bicyclic) bond motifs is 3. The predicted octanol–water partition coefficient (Wildman–Crippen LogP) is 1.55. The summed E-state index contributed by atoms with van der Waals surface area (Å²) in [6.07, 6.45) is 3.46. The average Bonchev–Trinajstić information content (AvgIpc) is 2.69. The van der Waals surface area contributed by atoms with E-state index in [4.69, 9.17) is 10.5 Å². The van der Waals surface area contributed by atoms with Gasteiger partial charge in [-0.05, 0) is 31.4 Å². The summed E-state index contributed by atoms with van der Waals surface area (Å²) in [5, 5.41) is 0. The largest absolute Gasteiger partial charge is 0.496 e. The summed E-state index contributed by atoms with van der Waals surface area (Å²) in [6.45, 7) is 0.991. The molecule has 0 saturated carbocycles. The van der Waals surface area contributed by atoms with Crippen molar-refractivity contribution in [3.8, 4) is 5.75 Å². The summed E-state index contributed by atoms with van der Waals surface area (Å²) >= 11 is 0. The number of hydrogen-bond acceptors (Lipinski definition) is 3. The van der Waals surface area contributed by atoms with Crippen LogP contribution in [0.15, 0.2) is 18.2 Å². The zero-order valence-electron chi connectivity index (χ0n) is 9.65. The van der Waals surface area contributed by atoms with Gasteiger partial charge in [0, 0.05) is 29.9 Å². The third kappa shape index (κ3) is 1.39. The molecule has 3 heteroatoms. The van der Waals surface area contributed by atoms with Crippen molar-refractivity contribution in [2.24, 2.45) is 5.73 Å². The Morgan fingerprint density at radius 1 is 1.44 bits per heavy atom. The molecule has 2 aliphatic rings. The fourth-order valence-corrected chi connectivity index (χ4v) is 3.10. The molecule has 0 bridgehead atoms. The van der Waals surface area contributed by atoms with Gasteiger partial charge < -0.3 is 15.4 Å². The maximum atomic E-state index is 6.05. The van der Waals surface area contributed by atoms with Crippen LogP contribution in [0, 0.1) is 0 Å². The summed E-state index contributed by atoms with van der Waals surface area (Å²) in [5.74, 6) is 1.02. The molecule has 1 aromatic carbocycles. The predicted molar refractivity (Wildman–Crippen MR) is 65.0 cm³/mol. The monoisotopic (exact) mass is 218 g/mol. The van der Waals surface area contributed by atoms with E-state index in [1.54, 1.807) is 7.11 Å². The van der Waals surface area contributed by atoms with Crippen LogP contribution in [-0.2, 0) is 6.42 Å². The van der Waals surface area contributed by atoms with Crippen LogP contribution < -0.4 is 15.4 Å². The molecule has 16 heavy (non-hydrogen) atoms. The van der Waals surface area contributed by atoms with Gasteiger partial charge in [-0.1, -0.05) is 6.07 Å². The maximum absolute atomic E-state index is 6.05. The number of ether oxygens (including phenoxy) is 1. The number of nitrogens with zero attached hydrogens (tertiary/aromatic N) is 1. The molecule has 2 aliphatic heterocycles. The summed E-state index contributed by atoms with van der Waals surface area (Å²) in [7, 11) is 1.75. The SMILES string of the molecule is COc1cccc2c1CCC1CC(N)CN21. The van der Waals surface area contributed by atoms with Crippen LogP contribution in [0.1, 0.15) is 18.4 Å². The highest BCUT2D eigenvalue weighted by Crippen LogP contribution is 2.39. The molecule has 2 unspecified atom stereocenters. The average molecular weight is 218 g/mol. The van der Waals surface area contributed by atoms with Crippen LogP contribution in [0.2, 0.25) is 0 Å². The van der Waals surface area contributed by atoms with Gasteiger partial charge >= 0.3 is 0 Å². The first-order valence-corrected chi connectivity index (χ1v) is 5.97. The zero-order chi connectivity index (χ0) is 11.1. The van der Waals surface area contributed by atoms with Gasteiger partial charge in [0.1, 0.15) is 5.75 Å². The van der Waals surface area contributed by atoms with Gasteiger partial charge in [-0.3, -0.25) is 0 Å². The fraction of sp³-hybridized carbons (Fsp3) is 0.538. The molecular weight excluding hydrogens is 200 g/mol. The highest BCUT2D eigenvalue weighted by atomic mass is 16.5. The van der Waals surface area contributed by atoms with E-state index in [1.165, 1.54) is 17.7 Å². The van der Waals surface area contributed by atoms with Crippen molar-refractivity contribution in [2.45, 2.75) is 31.3 Å². The van der Waals surface area contributed by atoms with Crippen LogP contribution in [0.5, 0.6) is 5.75 Å². The van der Waals surface area contributed by atoms with Gasteiger partial charge in [0.15, 0.2) is 0 Å². The number of rotatable bonds is 1. The van der Waals surface area contributed by atoms with E-state index in [0.717, 1.165) is 25.1 Å². The number of benzene rings is 1. The highest BCUT2D eigenvalue weighted by Gasteiger charge is 2.34. The molecule has 2 atom stereocenters. The summed E-state index contributed by atoms with van der Waals surface area (Å²) in [5.41, 5.74) is 8.74. The van der Waals surface area contributed by atoms with E-state index in [-0.39, 0.29) is 0 Å². The minimum Gasteiger partial charge on any atom is -0.496 e. The van der Waals surface area contributed by atoms with Gasteiger partial charge in [-0.2, -0.15) is 0 Å². The second-order valence-corrected chi connectivity index (χ2v) is 4.80. The molecule has 0 radical (unpaired) electrons. The molecule has 3 rings (SSSR count). The van der Waals surface area contributed by atoms with Crippen molar-refractivity contribution in [2.75, 3.05) is 18.6 Å². The molecule has 3 nitrogen and oxygen atoms in total. The highest BCUT2D eigenvalue weighted by molar-refractivity contribution is 5.62. The van der Waals surface area contributed by atoms with Crippen LogP contribution >= 0.6 is 0 Å². The lowest BCUT2D eigenvalue weighted by Gasteiger charge is -2.34. The molecule has 0 amide bonds. The van der Waals surface area contributed by atoms with E-state index in [9.17, 15) is 0 Å². The topological polar surface area (TPSA) is 38.5 Å². The molecule has 2 N–H and O–H groups in total. The minimum atomic E-state index is 0.335. The van der Waals surface area contributed by atoms with Crippen LogP contribution in [0.4, 0.5) is 5.69 Å². The van der Waals surface area contributed by atoms with Gasteiger partial charge in [-0.25, -0.2) is 0 Å². The molecule has 0 aliphatic carbocycles. The fourth-order valence-electron chi connectivity index (χ4n) is 3.10. The van der Waals surface area contributed by atoms with E-state index in [1.807, 2.05) is 0 Å². The lowest BCUT2D eigenvalue weighted by atomic mass is 9.95. The quantitative estimate of drug-likeness (QED) is 0.777. The third-order valence-corrected chi connectivity index (χ3v) is 3.81. The van der Waals surface area contributed by atoms with Gasteiger partial charge in [0.2, 0.25) is 0 Å². The van der Waals surface area contributed by atoms with E-state index >= 15 is 0 Å². The Bertz CT molecular complexity index is 405. The lowest BCUT2D eigenvalue weighted by Crippen LogP contribution is -2.34. The molecule has 0 aromatic heterocycles. The van der Waals surface area contributed by atoms with Crippen LogP contribution in [0.3, 0.4) is 0 Å². The maximum Gasteiger partial charge on any atom is 0.124 e. The number of methoxy groups -OCH3 is 1. The molecular formula is C13H18N2O. The molecule has 86 valence electrons. The van der Waals surface area contributed by atoms with Gasteiger partial charge in [0.05, 0.1) is 7.11 Å². The van der Waals surface area contributed by atoms with Crippen LogP contribution in [0.25, 0.3) is 0 Å². The summed E-state index contributed by atoms with van der Waals surface area (Å²) in [6, 6.07) is 7.30. The van der Waals surface area contributed by atoms with Crippen molar-refractivity contribution < 1.29 is 4.74 Å². The number of anilines is 1. The Balaban J connectivity index is 2.03.